The number of halogens is 4. The van der Waals surface area contributed by atoms with Crippen LogP contribution in [-0.2, 0) is 11.3 Å². The molecule has 1 saturated heterocycles. The van der Waals surface area contributed by atoms with E-state index in [9.17, 15) is 13.6 Å². The number of ether oxygens (including phenoxy) is 1. The van der Waals surface area contributed by atoms with Gasteiger partial charge in [-0.15, -0.1) is 12.4 Å². The van der Waals surface area contributed by atoms with Gasteiger partial charge >= 0.3 is 6.61 Å². The summed E-state index contributed by atoms with van der Waals surface area (Å²) in [4.78, 5) is 11.9. The van der Waals surface area contributed by atoms with E-state index in [0.29, 0.717) is 17.9 Å². The van der Waals surface area contributed by atoms with Crippen molar-refractivity contribution in [2.45, 2.75) is 32.4 Å². The van der Waals surface area contributed by atoms with Crippen molar-refractivity contribution >= 4 is 34.2 Å². The first-order chi connectivity index (χ1) is 10.5. The molecule has 2 N–H and O–H groups in total. The lowest BCUT2D eigenvalue weighted by Gasteiger charge is -2.13. The van der Waals surface area contributed by atoms with Gasteiger partial charge in [0.05, 0.1) is 0 Å². The smallest absolute Gasteiger partial charge is 0.387 e. The van der Waals surface area contributed by atoms with Crippen molar-refractivity contribution in [2.24, 2.45) is 5.92 Å². The number of hydrogen-bond donors (Lipinski definition) is 2. The van der Waals surface area contributed by atoms with Crippen LogP contribution in [0.2, 0.25) is 0 Å². The van der Waals surface area contributed by atoms with E-state index in [1.807, 2.05) is 0 Å². The predicted octanol–water partition coefficient (Wildman–Crippen LogP) is 3.48. The van der Waals surface area contributed by atoms with Crippen LogP contribution >= 0.6 is 28.3 Å². The van der Waals surface area contributed by atoms with E-state index in [1.165, 1.54) is 6.07 Å². The molecule has 0 saturated carbocycles. The third kappa shape index (κ3) is 7.01. The van der Waals surface area contributed by atoms with Gasteiger partial charge in [-0.2, -0.15) is 8.78 Å². The van der Waals surface area contributed by atoms with E-state index in [-0.39, 0.29) is 30.6 Å². The zero-order valence-electron chi connectivity index (χ0n) is 12.5. The van der Waals surface area contributed by atoms with E-state index in [4.69, 9.17) is 0 Å². The molecule has 2 rings (SSSR count). The fourth-order valence-electron chi connectivity index (χ4n) is 2.48. The van der Waals surface area contributed by atoms with Crippen molar-refractivity contribution in [3.05, 3.63) is 28.2 Å². The molecule has 0 aromatic heterocycles. The quantitative estimate of drug-likeness (QED) is 0.719. The van der Waals surface area contributed by atoms with Gasteiger partial charge in [-0.1, -0.05) is 15.9 Å². The molecule has 4 nitrogen and oxygen atoms in total. The molecule has 0 radical (unpaired) electrons. The summed E-state index contributed by atoms with van der Waals surface area (Å²) >= 11 is 3.28. The van der Waals surface area contributed by atoms with Crippen molar-refractivity contribution in [3.63, 3.8) is 0 Å². The molecule has 8 heteroatoms. The Morgan fingerprint density at radius 2 is 2.26 bits per heavy atom. The number of nitrogens with one attached hydrogen (secondary N) is 2. The van der Waals surface area contributed by atoms with Gasteiger partial charge in [-0.05, 0) is 50.0 Å². The van der Waals surface area contributed by atoms with Crippen LogP contribution in [0.25, 0.3) is 0 Å². The van der Waals surface area contributed by atoms with E-state index < -0.39 is 6.61 Å². The average molecular weight is 414 g/mol. The minimum absolute atomic E-state index is 0. The summed E-state index contributed by atoms with van der Waals surface area (Å²) < 4.78 is 29.9. The minimum atomic E-state index is -2.88. The number of benzene rings is 1. The summed E-state index contributed by atoms with van der Waals surface area (Å²) in [5.41, 5.74) is 0.519. The van der Waals surface area contributed by atoms with E-state index in [0.717, 1.165) is 30.4 Å². The molecule has 0 aliphatic carbocycles. The number of carbonyl (C=O) groups is 1. The predicted molar refractivity (Wildman–Crippen MR) is 90.1 cm³/mol. The zero-order valence-corrected chi connectivity index (χ0v) is 14.9. The Labute approximate surface area is 148 Å². The van der Waals surface area contributed by atoms with Crippen molar-refractivity contribution in [1.82, 2.24) is 10.6 Å². The van der Waals surface area contributed by atoms with Gasteiger partial charge in [0.1, 0.15) is 5.75 Å². The van der Waals surface area contributed by atoms with Gasteiger partial charge in [-0.25, -0.2) is 0 Å². The van der Waals surface area contributed by atoms with Crippen LogP contribution in [0.5, 0.6) is 5.75 Å². The summed E-state index contributed by atoms with van der Waals surface area (Å²) in [7, 11) is 0. The summed E-state index contributed by atoms with van der Waals surface area (Å²) in [6.07, 6.45) is 2.40. The number of amides is 1. The molecule has 1 amide bonds. The number of carbonyl (C=O) groups excluding carboxylic acids is 1. The molecule has 1 aromatic carbocycles. The summed E-state index contributed by atoms with van der Waals surface area (Å²) in [5.74, 6) is 0.558. The maximum Gasteiger partial charge on any atom is 0.387 e. The van der Waals surface area contributed by atoms with Crippen LogP contribution in [0, 0.1) is 5.92 Å². The van der Waals surface area contributed by atoms with Gasteiger partial charge < -0.3 is 15.4 Å². The highest BCUT2D eigenvalue weighted by atomic mass is 79.9. The largest absolute Gasteiger partial charge is 0.434 e. The molecule has 1 fully saturated rings. The van der Waals surface area contributed by atoms with Crippen LogP contribution in [0.3, 0.4) is 0 Å². The molecule has 1 heterocycles. The molecule has 130 valence electrons. The standard InChI is InChI=1S/C15H19BrF2N2O2.ClH/c16-12-2-3-13(22-15(17)18)11(7-12)9-20-14(21)4-1-10-5-6-19-8-10;/h2-3,7,10,15,19H,1,4-6,8-9H2,(H,20,21);1H. The number of rotatable bonds is 7. The summed E-state index contributed by atoms with van der Waals surface area (Å²) in [5, 5.41) is 6.02. The van der Waals surface area contributed by atoms with Gasteiger partial charge in [-0.3, -0.25) is 4.79 Å². The fourth-order valence-corrected chi connectivity index (χ4v) is 2.88. The Morgan fingerprint density at radius 1 is 1.48 bits per heavy atom. The fraction of sp³-hybridized carbons (Fsp3) is 0.533. The first-order valence-electron chi connectivity index (χ1n) is 7.25. The maximum absolute atomic E-state index is 12.4. The zero-order chi connectivity index (χ0) is 15.9. The number of hydrogen-bond acceptors (Lipinski definition) is 3. The Morgan fingerprint density at radius 3 is 2.91 bits per heavy atom. The van der Waals surface area contributed by atoms with Gasteiger partial charge in [0, 0.05) is 23.0 Å². The lowest BCUT2D eigenvalue weighted by Crippen LogP contribution is -2.24. The second-order valence-electron chi connectivity index (χ2n) is 5.30. The van der Waals surface area contributed by atoms with Crippen LogP contribution in [0.1, 0.15) is 24.8 Å². The van der Waals surface area contributed by atoms with E-state index in [2.05, 4.69) is 31.3 Å². The molecular formula is C15H20BrClF2N2O2. The molecule has 1 aliphatic heterocycles. The molecule has 1 aromatic rings. The highest BCUT2D eigenvalue weighted by Gasteiger charge is 2.16. The van der Waals surface area contributed by atoms with Crippen molar-refractivity contribution in [2.75, 3.05) is 13.1 Å². The Bertz CT molecular complexity index is 514. The van der Waals surface area contributed by atoms with Gasteiger partial charge in [0.15, 0.2) is 0 Å². The third-order valence-corrected chi connectivity index (χ3v) is 4.15. The Hall–Kier alpha value is -0.920. The van der Waals surface area contributed by atoms with Crippen LogP contribution < -0.4 is 15.4 Å². The van der Waals surface area contributed by atoms with Crippen molar-refractivity contribution in [1.29, 1.82) is 0 Å². The average Bonchev–Trinajstić information content (AvgIpc) is 2.98. The molecule has 0 bridgehead atoms. The van der Waals surface area contributed by atoms with Crippen LogP contribution in [0.15, 0.2) is 22.7 Å². The summed E-state index contributed by atoms with van der Waals surface area (Å²) in [6.45, 7) is -0.738. The molecule has 23 heavy (non-hydrogen) atoms. The minimum Gasteiger partial charge on any atom is -0.434 e. The molecule has 1 aliphatic rings. The Balaban J connectivity index is 0.00000264. The van der Waals surface area contributed by atoms with Crippen molar-refractivity contribution in [3.8, 4) is 5.75 Å². The van der Waals surface area contributed by atoms with Crippen molar-refractivity contribution < 1.29 is 18.3 Å². The summed E-state index contributed by atoms with van der Waals surface area (Å²) in [6, 6.07) is 4.75. The first kappa shape index (κ1) is 20.1. The normalized spacial score (nSPS) is 17.0. The second kappa shape index (κ2) is 10.1. The van der Waals surface area contributed by atoms with Gasteiger partial charge in [0.25, 0.3) is 0 Å². The van der Waals surface area contributed by atoms with Gasteiger partial charge in [0.2, 0.25) is 5.91 Å². The second-order valence-corrected chi connectivity index (χ2v) is 6.22. The third-order valence-electron chi connectivity index (χ3n) is 3.66. The van der Waals surface area contributed by atoms with E-state index in [1.54, 1.807) is 12.1 Å². The number of alkyl halides is 2. The van der Waals surface area contributed by atoms with Crippen LogP contribution in [-0.4, -0.2) is 25.6 Å². The maximum atomic E-state index is 12.4. The highest BCUT2D eigenvalue weighted by Crippen LogP contribution is 2.24. The lowest BCUT2D eigenvalue weighted by molar-refractivity contribution is -0.121. The topological polar surface area (TPSA) is 50.4 Å². The first-order valence-corrected chi connectivity index (χ1v) is 8.04. The Kier molecular flexibility index (Phi) is 8.79. The molecule has 1 atom stereocenters. The monoisotopic (exact) mass is 412 g/mol. The molecule has 1 unspecified atom stereocenters. The lowest BCUT2D eigenvalue weighted by atomic mass is 10.0. The van der Waals surface area contributed by atoms with Crippen LogP contribution in [0.4, 0.5) is 8.78 Å². The SMILES string of the molecule is Cl.O=C(CCC1CCNC1)NCc1cc(Br)ccc1OC(F)F. The molecular weight excluding hydrogens is 394 g/mol. The van der Waals surface area contributed by atoms with E-state index >= 15 is 0 Å². The molecule has 0 spiro atoms. The highest BCUT2D eigenvalue weighted by molar-refractivity contribution is 9.10.